The molecule has 0 aliphatic rings. The van der Waals surface area contributed by atoms with E-state index in [4.69, 9.17) is 11.6 Å². The molecule has 5 nitrogen and oxygen atoms in total. The average Bonchev–Trinajstić information content (AvgIpc) is 3.07. The Labute approximate surface area is 172 Å². The van der Waals surface area contributed by atoms with Gasteiger partial charge in [-0.3, -0.25) is 9.48 Å². The lowest BCUT2D eigenvalue weighted by molar-refractivity contribution is -0.142. The highest BCUT2D eigenvalue weighted by Crippen LogP contribution is 2.28. The molecule has 3 rings (SSSR count). The van der Waals surface area contributed by atoms with E-state index in [9.17, 15) is 22.4 Å². The molecule has 2 heterocycles. The molecule has 0 saturated heterocycles. The second-order valence-corrected chi connectivity index (χ2v) is 7.89. The second kappa shape index (κ2) is 8.11. The summed E-state index contributed by atoms with van der Waals surface area (Å²) in [6.07, 6.45) is -4.21. The third-order valence-electron chi connectivity index (χ3n) is 3.81. The summed E-state index contributed by atoms with van der Waals surface area (Å²) < 4.78 is 52.3. The van der Waals surface area contributed by atoms with E-state index in [1.165, 1.54) is 25.1 Å². The maximum atomic E-state index is 13.5. The van der Waals surface area contributed by atoms with E-state index in [1.54, 1.807) is 13.0 Å². The van der Waals surface area contributed by atoms with E-state index in [1.807, 2.05) is 0 Å². The smallest absolute Gasteiger partial charge is 0.311 e. The number of benzene rings is 1. The maximum Gasteiger partial charge on any atom is 0.408 e. The Morgan fingerprint density at radius 3 is 2.62 bits per heavy atom. The largest absolute Gasteiger partial charge is 0.408 e. The van der Waals surface area contributed by atoms with Crippen molar-refractivity contribution in [3.05, 3.63) is 62.8 Å². The molecule has 3 aromatic rings. The number of alkyl halides is 3. The van der Waals surface area contributed by atoms with Crippen LogP contribution in [0.3, 0.4) is 0 Å². The van der Waals surface area contributed by atoms with Gasteiger partial charge in [0.1, 0.15) is 23.1 Å². The molecule has 0 aliphatic heterocycles. The third kappa shape index (κ3) is 5.54. The molecule has 0 aliphatic carbocycles. The molecule has 1 aromatic carbocycles. The van der Waals surface area contributed by atoms with Crippen LogP contribution in [0.25, 0.3) is 0 Å². The van der Waals surface area contributed by atoms with E-state index in [-0.39, 0.29) is 10.7 Å². The van der Waals surface area contributed by atoms with Gasteiger partial charge >= 0.3 is 6.18 Å². The molecule has 0 radical (unpaired) electrons. The summed E-state index contributed by atoms with van der Waals surface area (Å²) in [4.78, 5) is 16.9. The summed E-state index contributed by atoms with van der Waals surface area (Å²) in [5.41, 5.74) is 1.20. The highest BCUT2D eigenvalue weighted by molar-refractivity contribution is 7.16. The zero-order chi connectivity index (χ0) is 21.3. The van der Waals surface area contributed by atoms with Crippen molar-refractivity contribution in [1.82, 2.24) is 14.8 Å². The zero-order valence-electron chi connectivity index (χ0n) is 15.3. The summed E-state index contributed by atoms with van der Waals surface area (Å²) in [5, 5.41) is 7.57. The molecule has 0 spiro atoms. The summed E-state index contributed by atoms with van der Waals surface area (Å²) in [6.45, 7) is 1.80. The monoisotopic (exact) mass is 446 g/mol. The van der Waals surface area contributed by atoms with Crippen molar-refractivity contribution >= 4 is 33.8 Å². The number of amides is 1. The molecular formula is C18H15ClF4N4OS. The van der Waals surface area contributed by atoms with Crippen LogP contribution < -0.4 is 5.32 Å². The molecule has 29 heavy (non-hydrogen) atoms. The first-order valence-electron chi connectivity index (χ1n) is 8.34. The van der Waals surface area contributed by atoms with Crippen LogP contribution in [-0.2, 0) is 13.0 Å². The van der Waals surface area contributed by atoms with Crippen molar-refractivity contribution in [2.75, 3.05) is 5.32 Å². The van der Waals surface area contributed by atoms with Crippen LogP contribution in [0, 0.1) is 19.7 Å². The fraction of sp³-hybridized carbons (Fsp3) is 0.278. The third-order valence-corrected chi connectivity index (χ3v) is 5.10. The van der Waals surface area contributed by atoms with Gasteiger partial charge in [-0.15, -0.1) is 11.3 Å². The standard InChI is InChI=1S/C18H15ClF4N4OS/c1-9-3-14(27(26-9)8-18(21,22)23)16(28)25-17-10(2)24-15(29-17)6-11-4-12(19)7-13(20)5-11/h3-5,7H,6,8H2,1-2H3,(H,25,28). The highest BCUT2D eigenvalue weighted by Gasteiger charge is 2.31. The van der Waals surface area contributed by atoms with E-state index >= 15 is 0 Å². The number of halogens is 5. The number of aryl methyl sites for hydroxylation is 2. The Morgan fingerprint density at radius 2 is 1.97 bits per heavy atom. The summed E-state index contributed by atoms with van der Waals surface area (Å²) >= 11 is 7.00. The molecular weight excluding hydrogens is 432 g/mol. The highest BCUT2D eigenvalue weighted by atomic mass is 35.5. The van der Waals surface area contributed by atoms with Crippen molar-refractivity contribution in [2.24, 2.45) is 0 Å². The zero-order valence-corrected chi connectivity index (χ0v) is 16.8. The van der Waals surface area contributed by atoms with Gasteiger partial charge in [0.15, 0.2) is 0 Å². The van der Waals surface area contributed by atoms with E-state index in [2.05, 4.69) is 15.4 Å². The molecule has 154 valence electrons. The van der Waals surface area contributed by atoms with Crippen LogP contribution in [0.2, 0.25) is 5.02 Å². The fourth-order valence-electron chi connectivity index (χ4n) is 2.72. The number of thiazole rings is 1. The number of nitrogens with one attached hydrogen (secondary N) is 1. The SMILES string of the molecule is Cc1cc(C(=O)Nc2sc(Cc3cc(F)cc(Cl)c3)nc2C)n(CC(F)(F)F)n1. The van der Waals surface area contributed by atoms with Gasteiger partial charge in [-0.25, -0.2) is 9.37 Å². The Morgan fingerprint density at radius 1 is 1.24 bits per heavy atom. The molecule has 0 fully saturated rings. The number of carbonyl (C=O) groups is 1. The van der Waals surface area contributed by atoms with Gasteiger partial charge in [0.2, 0.25) is 0 Å². The van der Waals surface area contributed by atoms with E-state index < -0.39 is 24.4 Å². The predicted molar refractivity (Wildman–Crippen MR) is 102 cm³/mol. The van der Waals surface area contributed by atoms with Gasteiger partial charge in [-0.2, -0.15) is 18.3 Å². The van der Waals surface area contributed by atoms with Crippen LogP contribution in [-0.4, -0.2) is 26.8 Å². The van der Waals surface area contributed by atoms with E-state index in [0.29, 0.717) is 38.1 Å². The first-order valence-corrected chi connectivity index (χ1v) is 9.53. The second-order valence-electron chi connectivity index (χ2n) is 6.37. The van der Waals surface area contributed by atoms with Crippen LogP contribution in [0.15, 0.2) is 24.3 Å². The number of hydrogen-bond donors (Lipinski definition) is 1. The number of nitrogens with zero attached hydrogens (tertiary/aromatic N) is 3. The molecule has 1 amide bonds. The van der Waals surface area contributed by atoms with Crippen molar-refractivity contribution in [1.29, 1.82) is 0 Å². The predicted octanol–water partition coefficient (Wildman–Crippen LogP) is 5.15. The molecule has 0 saturated carbocycles. The minimum Gasteiger partial charge on any atom is -0.311 e. The van der Waals surface area contributed by atoms with Crippen molar-refractivity contribution in [3.8, 4) is 0 Å². The van der Waals surface area contributed by atoms with Crippen molar-refractivity contribution < 1.29 is 22.4 Å². The normalized spacial score (nSPS) is 11.7. The topological polar surface area (TPSA) is 59.8 Å². The Bertz CT molecular complexity index is 1040. The fourth-order valence-corrected chi connectivity index (χ4v) is 3.96. The summed E-state index contributed by atoms with van der Waals surface area (Å²) in [5.74, 6) is -1.19. The first kappa shape index (κ1) is 21.3. The van der Waals surface area contributed by atoms with Crippen LogP contribution in [0.4, 0.5) is 22.6 Å². The van der Waals surface area contributed by atoms with Crippen molar-refractivity contribution in [2.45, 2.75) is 33.0 Å². The quantitative estimate of drug-likeness (QED) is 0.551. The summed E-state index contributed by atoms with van der Waals surface area (Å²) in [7, 11) is 0. The number of hydrogen-bond acceptors (Lipinski definition) is 4. The van der Waals surface area contributed by atoms with Crippen molar-refractivity contribution in [3.63, 3.8) is 0 Å². The minimum absolute atomic E-state index is 0.203. The van der Waals surface area contributed by atoms with Crippen LogP contribution in [0.1, 0.15) is 32.4 Å². The summed E-state index contributed by atoms with van der Waals surface area (Å²) in [6, 6.07) is 5.42. The first-order chi connectivity index (χ1) is 13.5. The Balaban J connectivity index is 1.78. The molecule has 0 unspecified atom stereocenters. The lowest BCUT2D eigenvalue weighted by atomic mass is 10.1. The molecule has 2 aromatic heterocycles. The Hall–Kier alpha value is -2.46. The van der Waals surface area contributed by atoms with Gasteiger partial charge in [-0.05, 0) is 43.7 Å². The van der Waals surface area contributed by atoms with Gasteiger partial charge in [0.05, 0.1) is 16.4 Å². The minimum atomic E-state index is -4.51. The van der Waals surface area contributed by atoms with Crippen LogP contribution in [0.5, 0.6) is 0 Å². The van der Waals surface area contributed by atoms with E-state index in [0.717, 1.165) is 11.3 Å². The lowest BCUT2D eigenvalue weighted by Gasteiger charge is -2.10. The maximum absolute atomic E-state index is 13.5. The molecule has 1 N–H and O–H groups in total. The number of carbonyl (C=O) groups excluding carboxylic acids is 1. The Kier molecular flexibility index (Phi) is 5.95. The molecule has 0 bridgehead atoms. The molecule has 11 heteroatoms. The number of anilines is 1. The van der Waals surface area contributed by atoms with Gasteiger partial charge < -0.3 is 5.32 Å². The molecule has 0 atom stereocenters. The average molecular weight is 447 g/mol. The van der Waals surface area contributed by atoms with Crippen LogP contribution >= 0.6 is 22.9 Å². The number of aromatic nitrogens is 3. The lowest BCUT2D eigenvalue weighted by Crippen LogP contribution is -2.24. The van der Waals surface area contributed by atoms with Gasteiger partial charge in [-0.1, -0.05) is 11.6 Å². The number of rotatable bonds is 5. The van der Waals surface area contributed by atoms with Gasteiger partial charge in [0, 0.05) is 11.4 Å². The van der Waals surface area contributed by atoms with Gasteiger partial charge in [0.25, 0.3) is 5.91 Å².